The molecule has 3 aromatic rings. The number of nitrogens with one attached hydrogen (secondary N) is 1. The van der Waals surface area contributed by atoms with Gasteiger partial charge in [-0.15, -0.1) is 0 Å². The molecule has 1 aromatic carbocycles. The fraction of sp³-hybridized carbons (Fsp3) is 0.455. The summed E-state index contributed by atoms with van der Waals surface area (Å²) in [6.07, 6.45) is 4.11. The number of benzene rings is 1. The number of aryl methyl sites for hydroxylation is 1. The van der Waals surface area contributed by atoms with Gasteiger partial charge >= 0.3 is 0 Å². The Hall–Kier alpha value is -3.00. The van der Waals surface area contributed by atoms with E-state index in [2.05, 4.69) is 10.1 Å². The lowest BCUT2D eigenvalue weighted by atomic mass is 10.0. The Balaban J connectivity index is 1.66. The highest BCUT2D eigenvalue weighted by atomic mass is 16.5. The predicted molar refractivity (Wildman–Crippen MR) is 112 cm³/mol. The van der Waals surface area contributed by atoms with Gasteiger partial charge in [-0.1, -0.05) is 0 Å². The quantitative estimate of drug-likeness (QED) is 0.702. The van der Waals surface area contributed by atoms with E-state index < -0.39 is 0 Å². The number of aromatic amines is 1. The van der Waals surface area contributed by atoms with Crippen molar-refractivity contribution in [1.82, 2.24) is 19.7 Å². The second-order valence-electron chi connectivity index (χ2n) is 8.19. The molecule has 2 aromatic heterocycles. The van der Waals surface area contributed by atoms with Gasteiger partial charge in [-0.2, -0.15) is 5.10 Å². The molecule has 2 fully saturated rings. The third-order valence-electron chi connectivity index (χ3n) is 6.28. The average molecular weight is 408 g/mol. The number of rotatable bonds is 2. The lowest BCUT2D eigenvalue weighted by Gasteiger charge is -2.27. The van der Waals surface area contributed by atoms with Crippen LogP contribution in [0.1, 0.15) is 47.6 Å². The molecule has 0 radical (unpaired) electrons. The number of hydrogen-bond acceptors (Lipinski definition) is 5. The number of fused-ring (bicyclic) bond motifs is 3. The third-order valence-corrected chi connectivity index (χ3v) is 6.28. The number of piperidine rings is 1. The van der Waals surface area contributed by atoms with Crippen LogP contribution in [0.25, 0.3) is 21.8 Å². The minimum absolute atomic E-state index is 0.0709. The van der Waals surface area contributed by atoms with Gasteiger partial charge in [0.15, 0.2) is 0 Å². The van der Waals surface area contributed by atoms with E-state index in [1.54, 1.807) is 11.1 Å². The van der Waals surface area contributed by atoms with Crippen LogP contribution in [0.15, 0.2) is 23.1 Å². The Labute approximate surface area is 172 Å². The van der Waals surface area contributed by atoms with Crippen LogP contribution >= 0.6 is 0 Å². The molecule has 2 aliphatic rings. The summed E-state index contributed by atoms with van der Waals surface area (Å²) in [6.45, 7) is 4.12. The second-order valence-corrected chi connectivity index (χ2v) is 8.19. The van der Waals surface area contributed by atoms with Crippen LogP contribution in [-0.2, 0) is 9.53 Å². The summed E-state index contributed by atoms with van der Waals surface area (Å²) in [7, 11) is 0. The molecular formula is C22H24N4O4. The number of H-pyrrole nitrogens is 1. The van der Waals surface area contributed by atoms with E-state index >= 15 is 0 Å². The van der Waals surface area contributed by atoms with E-state index in [1.807, 2.05) is 23.7 Å². The van der Waals surface area contributed by atoms with Crippen molar-refractivity contribution in [2.75, 3.05) is 26.3 Å². The van der Waals surface area contributed by atoms with E-state index in [-0.39, 0.29) is 23.3 Å². The Morgan fingerprint density at radius 2 is 1.87 bits per heavy atom. The Bertz CT molecular complexity index is 1210. The molecule has 2 aliphatic heterocycles. The fourth-order valence-corrected chi connectivity index (χ4v) is 4.56. The molecule has 1 amide bonds. The lowest BCUT2D eigenvalue weighted by Crippen LogP contribution is -2.38. The van der Waals surface area contributed by atoms with E-state index in [1.165, 1.54) is 0 Å². The van der Waals surface area contributed by atoms with Gasteiger partial charge in [-0.3, -0.25) is 19.1 Å². The number of carbonyl (C=O) groups excluding carboxylic acids is 2. The van der Waals surface area contributed by atoms with Crippen molar-refractivity contribution in [3.8, 4) is 0 Å². The normalized spacial score (nSPS) is 18.4. The Morgan fingerprint density at radius 3 is 2.60 bits per heavy atom. The number of likely N-dealkylation sites (tertiary alicyclic amines) is 1. The van der Waals surface area contributed by atoms with Crippen LogP contribution in [0.5, 0.6) is 0 Å². The first-order valence-electron chi connectivity index (χ1n) is 10.5. The predicted octanol–water partition coefficient (Wildman–Crippen LogP) is 2.34. The smallest absolute Gasteiger partial charge is 0.259 e. The number of ketones is 1. The highest BCUT2D eigenvalue weighted by molar-refractivity contribution is 6.08. The highest BCUT2D eigenvalue weighted by Gasteiger charge is 2.25. The Morgan fingerprint density at radius 1 is 1.13 bits per heavy atom. The van der Waals surface area contributed by atoms with Crippen molar-refractivity contribution < 1.29 is 14.3 Å². The minimum atomic E-state index is -0.177. The second kappa shape index (κ2) is 7.36. The van der Waals surface area contributed by atoms with Crippen molar-refractivity contribution in [1.29, 1.82) is 0 Å². The molecule has 4 heterocycles. The van der Waals surface area contributed by atoms with Crippen LogP contribution in [0.3, 0.4) is 0 Å². The number of ether oxygens (including phenoxy) is 1. The molecule has 156 valence electrons. The van der Waals surface area contributed by atoms with Gasteiger partial charge in [0.25, 0.3) is 11.5 Å². The van der Waals surface area contributed by atoms with Gasteiger partial charge in [0.1, 0.15) is 5.78 Å². The molecule has 30 heavy (non-hydrogen) atoms. The summed E-state index contributed by atoms with van der Waals surface area (Å²) in [4.78, 5) is 42.1. The van der Waals surface area contributed by atoms with Gasteiger partial charge in [0.05, 0.1) is 28.7 Å². The van der Waals surface area contributed by atoms with Gasteiger partial charge in [-0.25, -0.2) is 0 Å². The van der Waals surface area contributed by atoms with Gasteiger partial charge in [-0.05, 0) is 37.5 Å². The zero-order chi connectivity index (χ0) is 20.8. The van der Waals surface area contributed by atoms with E-state index in [4.69, 9.17) is 4.74 Å². The molecule has 0 spiro atoms. The van der Waals surface area contributed by atoms with Crippen molar-refractivity contribution in [2.45, 2.75) is 38.6 Å². The van der Waals surface area contributed by atoms with Crippen LogP contribution in [0.4, 0.5) is 0 Å². The molecule has 0 unspecified atom stereocenters. The maximum Gasteiger partial charge on any atom is 0.259 e. The summed E-state index contributed by atoms with van der Waals surface area (Å²) in [5.74, 6) is 0.132. The topological polar surface area (TPSA) is 97.3 Å². The summed E-state index contributed by atoms with van der Waals surface area (Å²) in [6, 6.07) is 3.90. The molecule has 0 atom stereocenters. The highest BCUT2D eigenvalue weighted by Crippen LogP contribution is 2.30. The summed E-state index contributed by atoms with van der Waals surface area (Å²) >= 11 is 0. The number of pyridine rings is 1. The molecule has 0 bridgehead atoms. The maximum atomic E-state index is 13.2. The largest absolute Gasteiger partial charge is 0.381 e. The fourth-order valence-electron chi connectivity index (χ4n) is 4.56. The SMILES string of the molecule is Cc1cc2[nH]c(=O)c3cnn(C4CCOCC4)c3c2cc1C(=O)N1CCC(=O)CC1. The first kappa shape index (κ1) is 19.0. The molecule has 0 aliphatic carbocycles. The zero-order valence-electron chi connectivity index (χ0n) is 16.9. The van der Waals surface area contributed by atoms with Crippen LogP contribution in [0.2, 0.25) is 0 Å². The maximum absolute atomic E-state index is 13.2. The first-order valence-corrected chi connectivity index (χ1v) is 10.5. The standard InChI is InChI=1S/C22H24N4O4/c1-13-10-19-17(11-16(13)22(29)25-6-2-15(27)3-7-25)20-18(21(28)24-19)12-23-26(20)14-4-8-30-9-5-14/h10-12,14H,2-9H2,1H3,(H,24,28). The van der Waals surface area contributed by atoms with Crippen LogP contribution in [0, 0.1) is 6.92 Å². The number of hydrogen-bond donors (Lipinski definition) is 1. The van der Waals surface area contributed by atoms with Crippen molar-refractivity contribution in [2.24, 2.45) is 0 Å². The average Bonchev–Trinajstić information content (AvgIpc) is 3.20. The van der Waals surface area contributed by atoms with Gasteiger partial charge < -0.3 is 14.6 Å². The van der Waals surface area contributed by atoms with E-state index in [0.717, 1.165) is 29.3 Å². The first-order chi connectivity index (χ1) is 14.5. The number of amides is 1. The van der Waals surface area contributed by atoms with E-state index in [0.29, 0.717) is 55.6 Å². The van der Waals surface area contributed by atoms with Crippen LogP contribution in [-0.4, -0.2) is 57.7 Å². The molecule has 5 rings (SSSR count). The molecule has 8 nitrogen and oxygen atoms in total. The molecule has 8 heteroatoms. The molecule has 1 N–H and O–H groups in total. The van der Waals surface area contributed by atoms with Gasteiger partial charge in [0.2, 0.25) is 0 Å². The summed E-state index contributed by atoms with van der Waals surface area (Å²) < 4.78 is 7.41. The zero-order valence-corrected chi connectivity index (χ0v) is 16.9. The van der Waals surface area contributed by atoms with E-state index in [9.17, 15) is 14.4 Å². The van der Waals surface area contributed by atoms with Crippen molar-refractivity contribution in [3.05, 3.63) is 39.8 Å². The number of carbonyl (C=O) groups is 2. The number of aromatic nitrogens is 3. The van der Waals surface area contributed by atoms with Crippen LogP contribution < -0.4 is 5.56 Å². The monoisotopic (exact) mass is 408 g/mol. The third kappa shape index (κ3) is 3.11. The number of Topliss-reactive ketones (excluding diaryl/α,β-unsaturated/α-hetero) is 1. The summed E-state index contributed by atoms with van der Waals surface area (Å²) in [5, 5.41) is 5.88. The molecular weight excluding hydrogens is 384 g/mol. The van der Waals surface area contributed by atoms with Gasteiger partial charge in [0, 0.05) is 50.1 Å². The molecule has 2 saturated heterocycles. The number of nitrogens with zero attached hydrogens (tertiary/aromatic N) is 3. The summed E-state index contributed by atoms with van der Waals surface area (Å²) in [5.41, 5.74) is 2.69. The Kier molecular flexibility index (Phi) is 4.66. The minimum Gasteiger partial charge on any atom is -0.381 e. The van der Waals surface area contributed by atoms with Crippen molar-refractivity contribution >= 4 is 33.5 Å². The lowest BCUT2D eigenvalue weighted by molar-refractivity contribution is -0.120. The van der Waals surface area contributed by atoms with Crippen molar-refractivity contribution in [3.63, 3.8) is 0 Å². The molecule has 0 saturated carbocycles.